The number of hydrazine groups is 1. The number of amides is 2. The van der Waals surface area contributed by atoms with Gasteiger partial charge in [-0.25, -0.2) is 21.6 Å². The summed E-state index contributed by atoms with van der Waals surface area (Å²) >= 11 is 0. The normalized spacial score (nSPS) is 11.3. The third kappa shape index (κ3) is 12.2. The van der Waals surface area contributed by atoms with Crippen molar-refractivity contribution in [1.29, 1.82) is 0 Å². The van der Waals surface area contributed by atoms with Crippen molar-refractivity contribution < 1.29 is 41.1 Å². The predicted octanol–water partition coefficient (Wildman–Crippen LogP) is 3.75. The van der Waals surface area contributed by atoms with Gasteiger partial charge in [-0.3, -0.25) is 29.9 Å². The van der Waals surface area contributed by atoms with Crippen molar-refractivity contribution in [1.82, 2.24) is 10.7 Å². The van der Waals surface area contributed by atoms with E-state index in [-0.39, 0.29) is 46.5 Å². The van der Waals surface area contributed by atoms with Crippen LogP contribution in [-0.4, -0.2) is 59.5 Å². The predicted molar refractivity (Wildman–Crippen MR) is 181 cm³/mol. The molecule has 0 heterocycles. The van der Waals surface area contributed by atoms with Gasteiger partial charge in [-0.1, -0.05) is 51.2 Å². The lowest BCUT2D eigenvalue weighted by molar-refractivity contribution is -0.138. The summed E-state index contributed by atoms with van der Waals surface area (Å²) in [5, 5.41) is 11.1. The Hall–Kier alpha value is -4.67. The third-order valence-electron chi connectivity index (χ3n) is 6.79. The first-order chi connectivity index (χ1) is 22.9. The van der Waals surface area contributed by atoms with E-state index in [1.54, 1.807) is 0 Å². The molecule has 0 radical (unpaired) electrons. The van der Waals surface area contributed by atoms with E-state index in [2.05, 4.69) is 32.5 Å². The minimum absolute atomic E-state index is 0.0235. The summed E-state index contributed by atoms with van der Waals surface area (Å²) in [4.78, 5) is 35.6. The van der Waals surface area contributed by atoms with Crippen molar-refractivity contribution in [2.75, 3.05) is 34.6 Å². The number of nitrogens with one attached hydrogen (secondary N) is 5. The molecule has 0 aromatic heterocycles. The Bertz CT molecular complexity index is 1750. The first-order valence-corrected chi connectivity index (χ1v) is 18.4. The van der Waals surface area contributed by atoms with Crippen LogP contribution in [0.1, 0.15) is 62.2 Å². The van der Waals surface area contributed by atoms with Crippen molar-refractivity contribution in [2.24, 2.45) is 0 Å². The zero-order valence-corrected chi connectivity index (χ0v) is 28.2. The van der Waals surface area contributed by atoms with Crippen LogP contribution in [0.4, 0.5) is 17.1 Å². The zero-order chi connectivity index (χ0) is 35.0. The van der Waals surface area contributed by atoms with E-state index in [1.807, 2.05) is 0 Å². The number of sulfonamides is 2. The van der Waals surface area contributed by atoms with Crippen LogP contribution in [0.25, 0.3) is 0 Å². The number of carbonyl (C=O) groups excluding carboxylic acids is 3. The van der Waals surface area contributed by atoms with Crippen molar-refractivity contribution >= 4 is 54.9 Å². The lowest BCUT2D eigenvalue weighted by Gasteiger charge is -2.13. The first-order valence-electron chi connectivity index (χ1n) is 15.4. The largest absolute Gasteiger partial charge is 0.462 e. The average Bonchev–Trinajstić information content (AvgIpc) is 3.07. The van der Waals surface area contributed by atoms with Gasteiger partial charge in [0.2, 0.25) is 0 Å². The summed E-state index contributed by atoms with van der Waals surface area (Å²) in [5.74, 6) is -2.48. The molecule has 6 N–H and O–H groups in total. The molecule has 0 saturated heterocycles. The van der Waals surface area contributed by atoms with Gasteiger partial charge in [-0.15, -0.1) is 0 Å². The molecule has 14 nitrogen and oxygen atoms in total. The van der Waals surface area contributed by atoms with Gasteiger partial charge in [0.1, 0.15) is 0 Å². The second-order valence-corrected chi connectivity index (χ2v) is 14.0. The summed E-state index contributed by atoms with van der Waals surface area (Å²) in [7, 11) is -8.36. The Morgan fingerprint density at radius 1 is 0.688 bits per heavy atom. The van der Waals surface area contributed by atoms with E-state index < -0.39 is 37.8 Å². The van der Waals surface area contributed by atoms with E-state index in [0.717, 1.165) is 38.2 Å². The number of ether oxygens (including phenoxy) is 1. The van der Waals surface area contributed by atoms with Crippen molar-refractivity contribution in [3.05, 3.63) is 78.4 Å². The maximum atomic E-state index is 13.1. The maximum absolute atomic E-state index is 13.1. The van der Waals surface area contributed by atoms with E-state index >= 15 is 0 Å². The number of anilines is 3. The van der Waals surface area contributed by atoms with E-state index in [4.69, 9.17) is 9.84 Å². The highest BCUT2D eigenvalue weighted by molar-refractivity contribution is 7.93. The minimum Gasteiger partial charge on any atom is -0.462 e. The standard InChI is InChI=1S/C32H41N5O9S2/c1-2-3-4-5-6-7-21-46-32(41)24-11-8-13-28(22-24)47(42,43)37-27-12-9-14-29(23-27)48(44,45)36-26-17-15-25(16-18-26)34-35-31(40)30(39)33-19-10-20-38/h8-9,11-18,22-23,34,36-38H,2-7,10,19-21H2,1H3,(H,33,39)(H,35,40). The molecule has 3 rings (SSSR count). The first kappa shape index (κ1) is 37.8. The van der Waals surface area contributed by atoms with E-state index in [9.17, 15) is 31.2 Å². The molecule has 0 atom stereocenters. The Kier molecular flexibility index (Phi) is 14.7. The van der Waals surface area contributed by atoms with Crippen LogP contribution in [0, 0.1) is 0 Å². The van der Waals surface area contributed by atoms with Crippen molar-refractivity contribution in [3.8, 4) is 0 Å². The van der Waals surface area contributed by atoms with Crippen molar-refractivity contribution in [2.45, 2.75) is 61.7 Å². The Morgan fingerprint density at radius 3 is 1.98 bits per heavy atom. The minimum atomic E-state index is -4.20. The van der Waals surface area contributed by atoms with Gasteiger partial charge in [0, 0.05) is 18.8 Å². The zero-order valence-electron chi connectivity index (χ0n) is 26.5. The maximum Gasteiger partial charge on any atom is 0.338 e. The van der Waals surface area contributed by atoms with Gasteiger partial charge in [0.05, 0.1) is 33.3 Å². The average molecular weight is 704 g/mol. The number of rotatable bonds is 19. The van der Waals surface area contributed by atoms with Gasteiger partial charge in [0.15, 0.2) is 0 Å². The fourth-order valence-electron chi connectivity index (χ4n) is 4.24. The molecule has 0 spiro atoms. The number of unbranched alkanes of at least 4 members (excludes halogenated alkanes) is 5. The highest BCUT2D eigenvalue weighted by Gasteiger charge is 2.20. The van der Waals surface area contributed by atoms with Gasteiger partial charge in [-0.2, -0.15) is 0 Å². The second kappa shape index (κ2) is 18.6. The summed E-state index contributed by atoms with van der Waals surface area (Å²) in [6, 6.07) is 16.3. The Balaban J connectivity index is 1.58. The fourth-order valence-corrected chi connectivity index (χ4v) is 6.44. The Morgan fingerprint density at radius 2 is 1.29 bits per heavy atom. The van der Waals surface area contributed by atoms with Crippen molar-refractivity contribution in [3.63, 3.8) is 0 Å². The summed E-state index contributed by atoms with van der Waals surface area (Å²) in [5.41, 5.74) is 5.30. The second-order valence-electron chi connectivity index (χ2n) is 10.7. The summed E-state index contributed by atoms with van der Waals surface area (Å²) in [6.07, 6.45) is 6.48. The number of carbonyl (C=O) groups is 3. The molecule has 0 bridgehead atoms. The fraction of sp³-hybridized carbons (Fsp3) is 0.344. The van der Waals surface area contributed by atoms with E-state index in [0.29, 0.717) is 12.1 Å². The number of aliphatic hydroxyl groups excluding tert-OH is 1. The molecule has 0 unspecified atom stereocenters. The molecule has 0 aliphatic carbocycles. The lowest BCUT2D eigenvalue weighted by atomic mass is 10.1. The monoisotopic (exact) mass is 703 g/mol. The molecule has 16 heteroatoms. The molecular formula is C32H41N5O9S2. The molecule has 2 amide bonds. The lowest BCUT2D eigenvalue weighted by Crippen LogP contribution is -2.42. The number of hydrogen-bond acceptors (Lipinski definition) is 10. The van der Waals surface area contributed by atoms with Crippen LogP contribution in [0.3, 0.4) is 0 Å². The van der Waals surface area contributed by atoms with Crippen LogP contribution < -0.4 is 25.6 Å². The number of esters is 1. The number of aliphatic hydroxyl groups is 1. The molecule has 3 aromatic carbocycles. The van der Waals surface area contributed by atoms with Gasteiger partial charge < -0.3 is 15.2 Å². The Labute approximate surface area is 280 Å². The number of hydrogen-bond donors (Lipinski definition) is 6. The molecule has 3 aromatic rings. The van der Waals surface area contributed by atoms with Gasteiger partial charge in [-0.05, 0) is 73.5 Å². The summed E-state index contributed by atoms with van der Waals surface area (Å²) in [6.45, 7) is 2.38. The van der Waals surface area contributed by atoms with Crippen LogP contribution in [0.15, 0.2) is 82.6 Å². The third-order valence-corrected chi connectivity index (χ3v) is 9.55. The molecule has 260 valence electrons. The highest BCUT2D eigenvalue weighted by Crippen LogP contribution is 2.23. The SMILES string of the molecule is CCCCCCCCOC(=O)c1cccc(S(=O)(=O)Nc2cccc(S(=O)(=O)Nc3ccc(NNC(=O)C(=O)NCCCO)cc3)c2)c1. The molecule has 0 aliphatic rings. The van der Waals surface area contributed by atoms with Gasteiger partial charge >= 0.3 is 17.8 Å². The van der Waals surface area contributed by atoms with Crippen LogP contribution in [-0.2, 0) is 34.4 Å². The van der Waals surface area contributed by atoms with E-state index in [1.165, 1.54) is 73.2 Å². The van der Waals surface area contributed by atoms with Crippen LogP contribution >= 0.6 is 0 Å². The topological polar surface area (TPSA) is 209 Å². The quantitative estimate of drug-likeness (QED) is 0.0461. The van der Waals surface area contributed by atoms with Crippen LogP contribution in [0.2, 0.25) is 0 Å². The molecule has 0 fully saturated rings. The highest BCUT2D eigenvalue weighted by atomic mass is 32.2. The van der Waals surface area contributed by atoms with Gasteiger partial charge in [0.25, 0.3) is 20.0 Å². The van der Waals surface area contributed by atoms with Crippen LogP contribution in [0.5, 0.6) is 0 Å². The molecule has 0 saturated carbocycles. The summed E-state index contributed by atoms with van der Waals surface area (Å²) < 4.78 is 62.5. The molecule has 0 aliphatic heterocycles. The number of benzene rings is 3. The molecular weight excluding hydrogens is 663 g/mol. The smallest absolute Gasteiger partial charge is 0.338 e. The molecule has 48 heavy (non-hydrogen) atoms.